The van der Waals surface area contributed by atoms with Gasteiger partial charge in [0.2, 0.25) is 0 Å². The number of likely N-dealkylation sites (N-methyl/N-ethyl adjacent to an activating group) is 1. The summed E-state index contributed by atoms with van der Waals surface area (Å²) in [7, 11) is 0. The molecule has 24 heavy (non-hydrogen) atoms. The predicted molar refractivity (Wildman–Crippen MR) is 92.5 cm³/mol. The minimum Gasteiger partial charge on any atom is -0.457 e. The molecule has 0 unspecified atom stereocenters. The Morgan fingerprint density at radius 3 is 2.46 bits per heavy atom. The van der Waals surface area contributed by atoms with E-state index in [1.807, 2.05) is 12.1 Å². The summed E-state index contributed by atoms with van der Waals surface area (Å²) in [4.78, 5) is 36.6. The molecule has 5 nitrogen and oxygen atoms in total. The summed E-state index contributed by atoms with van der Waals surface area (Å²) < 4.78 is 5.73. The van der Waals surface area contributed by atoms with E-state index in [9.17, 15) is 14.4 Å². The summed E-state index contributed by atoms with van der Waals surface area (Å²) in [5, 5.41) is -0.264. The number of rotatable bonds is 4. The second-order valence-corrected chi connectivity index (χ2v) is 6.25. The van der Waals surface area contributed by atoms with E-state index in [1.165, 1.54) is 11.8 Å². The molecule has 0 N–H and O–H groups in total. The van der Waals surface area contributed by atoms with Crippen LogP contribution in [0.5, 0.6) is 0 Å². The normalized spacial score (nSPS) is 16.2. The summed E-state index contributed by atoms with van der Waals surface area (Å²) >= 11 is 0.912. The van der Waals surface area contributed by atoms with Crippen molar-refractivity contribution in [3.05, 3.63) is 52.6 Å². The van der Waals surface area contributed by atoms with Crippen LogP contribution < -0.4 is 0 Å². The molecule has 0 aliphatic carbocycles. The minimum absolute atomic E-state index is 0.00772. The molecule has 0 atom stereocenters. The number of imide groups is 1. The average molecular weight is 341 g/mol. The highest BCUT2D eigenvalue weighted by molar-refractivity contribution is 8.18. The third-order valence-electron chi connectivity index (χ3n) is 3.67. The molecule has 0 radical (unpaired) electrons. The van der Waals surface area contributed by atoms with Gasteiger partial charge >= 0.3 is 0 Å². The first-order chi connectivity index (χ1) is 11.5. The molecule has 1 aromatic carbocycles. The van der Waals surface area contributed by atoms with Crippen LogP contribution in [0, 0.1) is 0 Å². The van der Waals surface area contributed by atoms with Crippen LogP contribution in [0.1, 0.15) is 30.0 Å². The Labute approximate surface area is 143 Å². The fourth-order valence-electron chi connectivity index (χ4n) is 2.36. The molecule has 1 aliphatic heterocycles. The summed E-state index contributed by atoms with van der Waals surface area (Å²) in [5.41, 5.74) is 1.47. The summed E-state index contributed by atoms with van der Waals surface area (Å²) in [6.07, 6.45) is 1.58. The van der Waals surface area contributed by atoms with Crippen molar-refractivity contribution in [1.82, 2.24) is 4.90 Å². The molecule has 1 aromatic heterocycles. The molecule has 0 bridgehead atoms. The molecule has 1 aliphatic rings. The second-order valence-electron chi connectivity index (χ2n) is 5.26. The number of ketones is 1. The number of thioether (sulfide) groups is 1. The van der Waals surface area contributed by atoms with Crippen molar-refractivity contribution in [2.45, 2.75) is 13.8 Å². The Kier molecular flexibility index (Phi) is 4.40. The summed E-state index contributed by atoms with van der Waals surface area (Å²) in [6.45, 7) is 3.63. The molecule has 2 heterocycles. The minimum atomic E-state index is -0.295. The van der Waals surface area contributed by atoms with Gasteiger partial charge in [-0.3, -0.25) is 19.3 Å². The van der Waals surface area contributed by atoms with Crippen LogP contribution in [-0.4, -0.2) is 28.4 Å². The predicted octanol–water partition coefficient (Wildman–Crippen LogP) is 4.21. The number of carbonyl (C=O) groups is 3. The molecule has 3 rings (SSSR count). The van der Waals surface area contributed by atoms with Gasteiger partial charge in [0.1, 0.15) is 11.5 Å². The van der Waals surface area contributed by atoms with Crippen LogP contribution in [-0.2, 0) is 4.79 Å². The van der Waals surface area contributed by atoms with Crippen molar-refractivity contribution in [3.8, 4) is 11.3 Å². The van der Waals surface area contributed by atoms with Crippen molar-refractivity contribution in [2.24, 2.45) is 0 Å². The number of benzene rings is 1. The van der Waals surface area contributed by atoms with Crippen LogP contribution in [0.3, 0.4) is 0 Å². The summed E-state index contributed by atoms with van der Waals surface area (Å²) in [6, 6.07) is 10.6. The highest BCUT2D eigenvalue weighted by Crippen LogP contribution is 2.33. The molecule has 0 saturated carbocycles. The van der Waals surface area contributed by atoms with Crippen molar-refractivity contribution >= 4 is 34.8 Å². The first kappa shape index (κ1) is 16.3. The Bertz CT molecular complexity index is 848. The van der Waals surface area contributed by atoms with Gasteiger partial charge in [-0.25, -0.2) is 0 Å². The van der Waals surface area contributed by atoms with E-state index in [4.69, 9.17) is 4.42 Å². The lowest BCUT2D eigenvalue weighted by Gasteiger charge is -2.06. The monoisotopic (exact) mass is 341 g/mol. The van der Waals surface area contributed by atoms with Crippen LogP contribution in [0.15, 0.2) is 45.7 Å². The molecule has 2 amide bonds. The quantitative estimate of drug-likeness (QED) is 0.616. The summed E-state index contributed by atoms with van der Waals surface area (Å²) in [5.74, 6) is 0.845. The maximum Gasteiger partial charge on any atom is 0.293 e. The zero-order valence-corrected chi connectivity index (χ0v) is 14.1. The van der Waals surface area contributed by atoms with Crippen LogP contribution in [0.4, 0.5) is 4.79 Å². The van der Waals surface area contributed by atoms with E-state index in [0.717, 1.165) is 17.3 Å². The van der Waals surface area contributed by atoms with Gasteiger partial charge in [0.25, 0.3) is 11.1 Å². The Balaban J connectivity index is 1.83. The second kappa shape index (κ2) is 6.49. The van der Waals surface area contributed by atoms with Gasteiger partial charge in [-0.15, -0.1) is 0 Å². The molecular weight excluding hydrogens is 326 g/mol. The van der Waals surface area contributed by atoms with Gasteiger partial charge in [0.05, 0.1) is 4.91 Å². The highest BCUT2D eigenvalue weighted by Gasteiger charge is 2.33. The fraction of sp³-hybridized carbons (Fsp3) is 0.167. The van der Waals surface area contributed by atoms with Crippen molar-refractivity contribution in [3.63, 3.8) is 0 Å². The Hall–Kier alpha value is -2.60. The zero-order chi connectivity index (χ0) is 17.3. The van der Waals surface area contributed by atoms with Gasteiger partial charge in [0, 0.05) is 23.7 Å². The third kappa shape index (κ3) is 3.05. The Morgan fingerprint density at radius 1 is 1.17 bits per heavy atom. The van der Waals surface area contributed by atoms with Crippen molar-refractivity contribution < 1.29 is 18.8 Å². The largest absolute Gasteiger partial charge is 0.457 e. The van der Waals surface area contributed by atoms with E-state index in [-0.39, 0.29) is 16.9 Å². The van der Waals surface area contributed by atoms with Crippen LogP contribution >= 0.6 is 11.8 Å². The average Bonchev–Trinajstić information content (AvgIpc) is 3.13. The van der Waals surface area contributed by atoms with Gasteiger partial charge in [-0.05, 0) is 37.7 Å². The lowest BCUT2D eigenvalue weighted by Crippen LogP contribution is -2.27. The molecule has 122 valence electrons. The maximum absolute atomic E-state index is 12.1. The van der Waals surface area contributed by atoms with Crippen LogP contribution in [0.2, 0.25) is 0 Å². The molecule has 2 aromatic rings. The molecular formula is C18H15NO4S. The lowest BCUT2D eigenvalue weighted by atomic mass is 10.1. The molecule has 1 saturated heterocycles. The first-order valence-electron chi connectivity index (χ1n) is 7.46. The first-order valence-corrected chi connectivity index (χ1v) is 8.28. The number of Topliss-reactive ketones (excluding diaryl/α,β-unsaturated/α-hetero) is 1. The molecule has 1 fully saturated rings. The van der Waals surface area contributed by atoms with E-state index in [0.29, 0.717) is 28.5 Å². The maximum atomic E-state index is 12.1. The van der Waals surface area contributed by atoms with Crippen molar-refractivity contribution in [1.29, 1.82) is 0 Å². The number of carbonyl (C=O) groups excluding carboxylic acids is 3. The molecule has 6 heteroatoms. The van der Waals surface area contributed by atoms with E-state index in [1.54, 1.807) is 37.3 Å². The highest BCUT2D eigenvalue weighted by atomic mass is 32.2. The number of amides is 2. The van der Waals surface area contributed by atoms with Gasteiger partial charge in [0.15, 0.2) is 5.78 Å². The van der Waals surface area contributed by atoms with E-state index in [2.05, 4.69) is 0 Å². The zero-order valence-electron chi connectivity index (χ0n) is 13.2. The van der Waals surface area contributed by atoms with Gasteiger partial charge in [-0.2, -0.15) is 0 Å². The number of furan rings is 1. The number of nitrogens with zero attached hydrogens (tertiary/aromatic N) is 1. The number of hydrogen-bond acceptors (Lipinski definition) is 5. The topological polar surface area (TPSA) is 67.6 Å². The smallest absolute Gasteiger partial charge is 0.293 e. The van der Waals surface area contributed by atoms with Crippen molar-refractivity contribution in [2.75, 3.05) is 6.54 Å². The fourth-order valence-corrected chi connectivity index (χ4v) is 3.24. The number of hydrogen-bond donors (Lipinski definition) is 0. The van der Waals surface area contributed by atoms with E-state index >= 15 is 0 Å². The van der Waals surface area contributed by atoms with Gasteiger partial charge in [-0.1, -0.05) is 24.3 Å². The Morgan fingerprint density at radius 2 is 1.88 bits per heavy atom. The molecule has 0 spiro atoms. The lowest BCUT2D eigenvalue weighted by molar-refractivity contribution is -0.122. The van der Waals surface area contributed by atoms with Crippen LogP contribution in [0.25, 0.3) is 17.4 Å². The van der Waals surface area contributed by atoms with E-state index < -0.39 is 0 Å². The SMILES string of the molecule is CCN1C(=O)S/C(=C/c2ccc(-c3ccc(C(C)=O)cc3)o2)C1=O. The third-order valence-corrected chi connectivity index (χ3v) is 4.57. The van der Waals surface area contributed by atoms with Gasteiger partial charge < -0.3 is 4.42 Å². The standard InChI is InChI=1S/C18H15NO4S/c1-3-19-17(21)16(24-18(19)22)10-14-8-9-15(23-14)13-6-4-12(5-7-13)11(2)20/h4-10H,3H2,1-2H3/b16-10+.